The van der Waals surface area contributed by atoms with E-state index < -0.39 is 0 Å². The van der Waals surface area contributed by atoms with Crippen molar-refractivity contribution in [3.05, 3.63) is 30.3 Å². The van der Waals surface area contributed by atoms with Crippen molar-refractivity contribution >= 4 is 0 Å². The molecule has 0 saturated carbocycles. The van der Waals surface area contributed by atoms with E-state index in [1.807, 2.05) is 6.07 Å². The molecule has 2 nitrogen and oxygen atoms in total. The average Bonchev–Trinajstić information content (AvgIpc) is 1.90. The quantitative estimate of drug-likeness (QED) is 0.247. The van der Waals surface area contributed by atoms with Crippen LogP contribution in [0.15, 0.2) is 30.3 Å². The Kier molecular flexibility index (Phi) is 5.78. The minimum Gasteiger partial charge on any atom is -0.664 e. The number of hydrogen-bond donors (Lipinski definition) is 0. The summed E-state index contributed by atoms with van der Waals surface area (Å²) in [4.78, 5) is 3.66. The molecule has 0 N–H and O–H groups in total. The van der Waals surface area contributed by atoms with Crippen molar-refractivity contribution in [2.75, 3.05) is 0 Å². The van der Waals surface area contributed by atoms with Gasteiger partial charge in [-0.2, -0.15) is 0 Å². The van der Waals surface area contributed by atoms with Crippen molar-refractivity contribution in [2.24, 2.45) is 0 Å². The first kappa shape index (κ1) is 9.62. The zero-order valence-corrected chi connectivity index (χ0v) is 8.33. The molecule has 0 aliphatic rings. The van der Waals surface area contributed by atoms with Gasteiger partial charge < -0.3 is 10.1 Å². The molecule has 0 radical (unpaired) electrons. The van der Waals surface area contributed by atoms with Crippen LogP contribution < -0.4 is 61.5 Å². The van der Waals surface area contributed by atoms with Gasteiger partial charge in [0, 0.05) is 0 Å². The van der Waals surface area contributed by atoms with Gasteiger partial charge in [0.25, 0.3) is 0 Å². The third-order valence-electron chi connectivity index (χ3n) is 0.839. The maximum atomic E-state index is 9.63. The number of rotatable bonds is 1. The van der Waals surface area contributed by atoms with E-state index in [1.165, 1.54) is 0 Å². The fraction of sp³-hybridized carbons (Fsp3) is 0. The van der Waals surface area contributed by atoms with Crippen molar-refractivity contribution in [3.8, 4) is 5.75 Å². The van der Waals surface area contributed by atoms with Gasteiger partial charge >= 0.3 is 51.4 Å². The molecule has 0 heterocycles. The van der Waals surface area contributed by atoms with E-state index >= 15 is 0 Å². The van der Waals surface area contributed by atoms with Crippen LogP contribution in [0, 0.1) is 0 Å². The Morgan fingerprint density at radius 3 is 2.00 bits per heavy atom. The van der Waals surface area contributed by atoms with Crippen molar-refractivity contribution in [1.29, 1.82) is 0 Å². The maximum Gasteiger partial charge on any atom is 1.00 e. The molecule has 1 rings (SSSR count). The topological polar surface area (TPSA) is 32.3 Å². The molecule has 0 fully saturated rings. The summed E-state index contributed by atoms with van der Waals surface area (Å²) in [7, 11) is 0. The molecule has 0 aliphatic heterocycles. The average molecular weight is 148 g/mol. The Morgan fingerprint density at radius 1 is 1.11 bits per heavy atom. The van der Waals surface area contributed by atoms with E-state index in [0.29, 0.717) is 5.75 Å². The molecule has 3 heteroatoms. The first-order chi connectivity index (χ1) is 3.93. The van der Waals surface area contributed by atoms with Crippen LogP contribution >= 0.6 is 0 Å². The monoisotopic (exact) mass is 148 g/mol. The van der Waals surface area contributed by atoms with Crippen LogP contribution in [0.25, 0.3) is 0 Å². The van der Waals surface area contributed by atoms with E-state index in [9.17, 15) is 5.26 Å². The summed E-state index contributed by atoms with van der Waals surface area (Å²) in [5, 5.41) is 9.63. The van der Waals surface area contributed by atoms with Crippen LogP contribution in [-0.4, -0.2) is 0 Å². The van der Waals surface area contributed by atoms with Gasteiger partial charge in [-0.25, -0.2) is 0 Å². The molecule has 0 aromatic heterocycles. The largest absolute Gasteiger partial charge is 1.00 e. The first-order valence-corrected chi connectivity index (χ1v) is 2.28. The Balaban J connectivity index is 0.000000640. The maximum absolute atomic E-state index is 9.63. The number of hydrogen-bond acceptors (Lipinski definition) is 2. The molecule has 42 valence electrons. The van der Waals surface area contributed by atoms with Gasteiger partial charge in [0.15, 0.2) is 0 Å². The van der Waals surface area contributed by atoms with Crippen LogP contribution in [0.2, 0.25) is 0 Å². The second-order valence-electron chi connectivity index (χ2n) is 1.40. The van der Waals surface area contributed by atoms with E-state index in [0.717, 1.165) is 0 Å². The van der Waals surface area contributed by atoms with Crippen LogP contribution in [0.3, 0.4) is 0 Å². The molecule has 0 atom stereocenters. The van der Waals surface area contributed by atoms with E-state index in [4.69, 9.17) is 0 Å². The Bertz CT molecular complexity index is 152. The van der Waals surface area contributed by atoms with Gasteiger partial charge in [-0.3, -0.25) is 0 Å². The normalized spacial score (nSPS) is 7.67. The Morgan fingerprint density at radius 2 is 1.67 bits per heavy atom. The standard InChI is InChI=1S/C6H6O2.K/c7-8-6-4-2-1-3-5-6;/h1-5,7H;/q;+1/p-1. The number of para-hydroxylation sites is 1. The number of benzene rings is 1. The molecular weight excluding hydrogens is 143 g/mol. The molecule has 1 aromatic rings. The summed E-state index contributed by atoms with van der Waals surface area (Å²) >= 11 is 0. The van der Waals surface area contributed by atoms with Crippen LogP contribution in [0.1, 0.15) is 0 Å². The third-order valence-corrected chi connectivity index (χ3v) is 0.839. The fourth-order valence-electron chi connectivity index (χ4n) is 0.476. The van der Waals surface area contributed by atoms with Crippen LogP contribution in [0.4, 0.5) is 0 Å². The molecule has 0 saturated heterocycles. The summed E-state index contributed by atoms with van der Waals surface area (Å²) in [5.41, 5.74) is 0. The summed E-state index contributed by atoms with van der Waals surface area (Å²) in [5.74, 6) is 0.354. The SMILES string of the molecule is [K+].[O-]Oc1ccccc1. The molecule has 0 unspecified atom stereocenters. The zero-order valence-electron chi connectivity index (χ0n) is 5.20. The molecule has 1 aromatic carbocycles. The Hall–Kier alpha value is 0.616. The second-order valence-corrected chi connectivity index (χ2v) is 1.40. The van der Waals surface area contributed by atoms with Gasteiger partial charge in [0.1, 0.15) is 5.75 Å². The van der Waals surface area contributed by atoms with Crippen molar-refractivity contribution in [2.45, 2.75) is 0 Å². The minimum absolute atomic E-state index is 0. The van der Waals surface area contributed by atoms with Gasteiger partial charge in [-0.15, -0.1) is 0 Å². The molecule has 0 amide bonds. The zero-order chi connectivity index (χ0) is 5.82. The second kappa shape index (κ2) is 5.41. The molecule has 0 aliphatic carbocycles. The Labute approximate surface area is 96.2 Å². The van der Waals surface area contributed by atoms with Crippen LogP contribution in [0.5, 0.6) is 5.75 Å². The molecule has 0 spiro atoms. The molecular formula is C6H5KO2. The van der Waals surface area contributed by atoms with Crippen molar-refractivity contribution < 1.29 is 61.5 Å². The summed E-state index contributed by atoms with van der Waals surface area (Å²) in [6, 6.07) is 8.52. The molecule has 0 bridgehead atoms. The van der Waals surface area contributed by atoms with E-state index in [2.05, 4.69) is 4.89 Å². The summed E-state index contributed by atoms with van der Waals surface area (Å²) in [6.45, 7) is 0. The fourth-order valence-corrected chi connectivity index (χ4v) is 0.476. The van der Waals surface area contributed by atoms with E-state index in [-0.39, 0.29) is 51.4 Å². The van der Waals surface area contributed by atoms with Crippen molar-refractivity contribution in [1.82, 2.24) is 0 Å². The minimum atomic E-state index is 0. The smallest absolute Gasteiger partial charge is 0.664 e. The van der Waals surface area contributed by atoms with Gasteiger partial charge in [0.05, 0.1) is 0 Å². The van der Waals surface area contributed by atoms with Gasteiger partial charge in [0.2, 0.25) is 0 Å². The van der Waals surface area contributed by atoms with Crippen molar-refractivity contribution in [3.63, 3.8) is 0 Å². The van der Waals surface area contributed by atoms with Crippen LogP contribution in [-0.2, 0) is 0 Å². The first-order valence-electron chi connectivity index (χ1n) is 2.28. The van der Waals surface area contributed by atoms with Gasteiger partial charge in [-0.1, -0.05) is 18.2 Å². The predicted molar refractivity (Wildman–Crippen MR) is 27.1 cm³/mol. The van der Waals surface area contributed by atoms with Gasteiger partial charge in [-0.05, 0) is 12.1 Å². The van der Waals surface area contributed by atoms with E-state index in [1.54, 1.807) is 24.3 Å². The predicted octanol–water partition coefficient (Wildman–Crippen LogP) is -2.66. The summed E-state index contributed by atoms with van der Waals surface area (Å²) in [6.07, 6.45) is 0. The third kappa shape index (κ3) is 3.35. The molecule has 9 heavy (non-hydrogen) atoms. The summed E-state index contributed by atoms with van der Waals surface area (Å²) < 4.78 is 0.